The molecule has 2 aromatic carbocycles. The maximum atomic E-state index is 12.4. The second-order valence-electron chi connectivity index (χ2n) is 6.90. The number of hydrogen-bond acceptors (Lipinski definition) is 4. The fourth-order valence-electron chi connectivity index (χ4n) is 3.22. The Morgan fingerprint density at radius 3 is 2.56 bits per heavy atom. The van der Waals surface area contributed by atoms with Crippen LogP contribution in [0.25, 0.3) is 11.0 Å². The number of anilines is 1. The van der Waals surface area contributed by atoms with Crippen molar-refractivity contribution < 1.29 is 19.2 Å². The lowest BCUT2D eigenvalue weighted by atomic mass is 10.1. The molecule has 0 radical (unpaired) electrons. The first kappa shape index (κ1) is 18.7. The number of rotatable bonds is 5. The molecular formula is C21H23N2O4+. The van der Waals surface area contributed by atoms with Gasteiger partial charge in [-0.05, 0) is 37.1 Å². The number of aromatic hydroxyl groups is 1. The van der Waals surface area contributed by atoms with Crippen LogP contribution in [0.1, 0.15) is 16.7 Å². The van der Waals surface area contributed by atoms with E-state index in [9.17, 15) is 14.7 Å². The summed E-state index contributed by atoms with van der Waals surface area (Å²) in [7, 11) is 1.89. The smallest absolute Gasteiger partial charge is 0.336 e. The highest BCUT2D eigenvalue weighted by Crippen LogP contribution is 2.21. The lowest BCUT2D eigenvalue weighted by Crippen LogP contribution is -3.08. The highest BCUT2D eigenvalue weighted by molar-refractivity contribution is 5.93. The van der Waals surface area contributed by atoms with E-state index in [0.717, 1.165) is 32.7 Å². The normalized spacial score (nSPS) is 12.1. The van der Waals surface area contributed by atoms with Crippen LogP contribution in [-0.4, -0.2) is 24.6 Å². The summed E-state index contributed by atoms with van der Waals surface area (Å²) >= 11 is 0. The molecule has 0 saturated carbocycles. The first-order valence-electron chi connectivity index (χ1n) is 8.76. The van der Waals surface area contributed by atoms with Gasteiger partial charge in [-0.15, -0.1) is 0 Å². The number of phenolic OH excluding ortho intramolecular Hbond substituents is 1. The largest absolute Gasteiger partial charge is 0.508 e. The Labute approximate surface area is 157 Å². The van der Waals surface area contributed by atoms with Crippen molar-refractivity contribution in [2.75, 3.05) is 18.9 Å². The molecule has 6 heteroatoms. The van der Waals surface area contributed by atoms with E-state index in [4.69, 9.17) is 4.42 Å². The molecule has 3 rings (SSSR count). The number of amides is 1. The zero-order valence-electron chi connectivity index (χ0n) is 15.6. The summed E-state index contributed by atoms with van der Waals surface area (Å²) < 4.78 is 5.15. The molecule has 0 aliphatic rings. The van der Waals surface area contributed by atoms with Crippen LogP contribution in [0.4, 0.5) is 5.69 Å². The Balaban J connectivity index is 1.74. The molecule has 0 bridgehead atoms. The number of fused-ring (bicyclic) bond motifs is 1. The number of likely N-dealkylation sites (N-methyl/N-ethyl adjacent to an activating group) is 1. The van der Waals surface area contributed by atoms with Gasteiger partial charge in [-0.1, -0.05) is 18.2 Å². The lowest BCUT2D eigenvalue weighted by molar-refractivity contribution is -0.885. The molecule has 0 aliphatic heterocycles. The highest BCUT2D eigenvalue weighted by atomic mass is 16.4. The van der Waals surface area contributed by atoms with Crippen molar-refractivity contribution in [1.29, 1.82) is 0 Å². The molecule has 27 heavy (non-hydrogen) atoms. The Kier molecular flexibility index (Phi) is 5.28. The van der Waals surface area contributed by atoms with Crippen LogP contribution >= 0.6 is 0 Å². The van der Waals surface area contributed by atoms with Gasteiger partial charge in [0.25, 0.3) is 5.91 Å². The van der Waals surface area contributed by atoms with E-state index in [1.54, 1.807) is 12.1 Å². The van der Waals surface area contributed by atoms with Crippen LogP contribution in [0.5, 0.6) is 5.75 Å². The predicted molar refractivity (Wildman–Crippen MR) is 104 cm³/mol. The summed E-state index contributed by atoms with van der Waals surface area (Å²) in [6.07, 6.45) is 0. The molecule has 0 saturated heterocycles. The summed E-state index contributed by atoms with van der Waals surface area (Å²) in [6.45, 7) is 4.66. The fraction of sp³-hybridized carbons (Fsp3) is 0.238. The molecule has 1 aromatic heterocycles. The van der Waals surface area contributed by atoms with Crippen molar-refractivity contribution in [2.24, 2.45) is 0 Å². The lowest BCUT2D eigenvalue weighted by Gasteiger charge is -2.16. The molecule has 0 spiro atoms. The summed E-state index contributed by atoms with van der Waals surface area (Å²) in [4.78, 5) is 25.2. The van der Waals surface area contributed by atoms with Crippen LogP contribution in [0, 0.1) is 13.8 Å². The van der Waals surface area contributed by atoms with Crippen LogP contribution in [0.3, 0.4) is 0 Å². The van der Waals surface area contributed by atoms with E-state index < -0.39 is 5.63 Å². The highest BCUT2D eigenvalue weighted by Gasteiger charge is 2.15. The van der Waals surface area contributed by atoms with Crippen molar-refractivity contribution in [2.45, 2.75) is 20.4 Å². The van der Waals surface area contributed by atoms with E-state index in [0.29, 0.717) is 12.1 Å². The SMILES string of the molecule is Cc1cccc(C)c1NC(=O)C[NH+](C)Cc1cc(=O)oc2cc(O)ccc12. The van der Waals surface area contributed by atoms with E-state index in [-0.39, 0.29) is 18.2 Å². The quantitative estimate of drug-likeness (QED) is 0.600. The Morgan fingerprint density at radius 2 is 1.85 bits per heavy atom. The van der Waals surface area contributed by atoms with Gasteiger partial charge in [0.05, 0.1) is 7.05 Å². The summed E-state index contributed by atoms with van der Waals surface area (Å²) in [5.41, 5.74) is 3.52. The number of phenols is 1. The number of aryl methyl sites for hydroxylation is 2. The molecule has 3 N–H and O–H groups in total. The van der Waals surface area contributed by atoms with E-state index in [1.165, 1.54) is 12.1 Å². The van der Waals surface area contributed by atoms with Gasteiger partial charge in [0.2, 0.25) is 0 Å². The van der Waals surface area contributed by atoms with Crippen LogP contribution < -0.4 is 15.8 Å². The Morgan fingerprint density at radius 1 is 1.15 bits per heavy atom. The summed E-state index contributed by atoms with van der Waals surface area (Å²) in [6, 6.07) is 12.0. The van der Waals surface area contributed by atoms with Crippen LogP contribution in [-0.2, 0) is 11.3 Å². The fourth-order valence-corrected chi connectivity index (χ4v) is 3.22. The van der Waals surface area contributed by atoms with E-state index >= 15 is 0 Å². The van der Waals surface area contributed by atoms with Gasteiger partial charge >= 0.3 is 5.63 Å². The molecule has 1 atom stereocenters. The molecular weight excluding hydrogens is 344 g/mol. The number of hydrogen-bond donors (Lipinski definition) is 3. The zero-order valence-corrected chi connectivity index (χ0v) is 15.6. The minimum absolute atomic E-state index is 0.0384. The maximum absolute atomic E-state index is 12.4. The maximum Gasteiger partial charge on any atom is 0.336 e. The summed E-state index contributed by atoms with van der Waals surface area (Å²) in [5, 5.41) is 13.3. The van der Waals surface area contributed by atoms with Gasteiger partial charge < -0.3 is 19.7 Å². The molecule has 1 heterocycles. The average Bonchev–Trinajstić information content (AvgIpc) is 2.57. The van der Waals surface area contributed by atoms with E-state index in [2.05, 4.69) is 5.32 Å². The van der Waals surface area contributed by atoms with Crippen molar-refractivity contribution in [3.05, 3.63) is 69.6 Å². The number of benzene rings is 2. The predicted octanol–water partition coefficient (Wildman–Crippen LogP) is 1.77. The van der Waals surface area contributed by atoms with Gasteiger partial charge in [0.1, 0.15) is 17.9 Å². The molecule has 0 fully saturated rings. The van der Waals surface area contributed by atoms with Gasteiger partial charge in [-0.3, -0.25) is 4.79 Å². The molecule has 3 aromatic rings. The van der Waals surface area contributed by atoms with Gasteiger partial charge in [-0.25, -0.2) is 4.79 Å². The Bertz CT molecular complexity index is 1040. The summed E-state index contributed by atoms with van der Waals surface area (Å²) in [5.74, 6) is -0.0497. The molecule has 1 unspecified atom stereocenters. The number of carbonyl (C=O) groups is 1. The molecule has 1 amide bonds. The molecule has 140 valence electrons. The zero-order chi connectivity index (χ0) is 19.6. The third kappa shape index (κ3) is 4.35. The first-order chi connectivity index (χ1) is 12.8. The molecule has 6 nitrogen and oxygen atoms in total. The van der Waals surface area contributed by atoms with Crippen LogP contribution in [0.2, 0.25) is 0 Å². The minimum atomic E-state index is -0.476. The number of nitrogens with one attached hydrogen (secondary N) is 2. The van der Waals surface area contributed by atoms with Crippen molar-refractivity contribution in [3.63, 3.8) is 0 Å². The molecule has 0 aliphatic carbocycles. The Hall–Kier alpha value is -3.12. The second kappa shape index (κ2) is 7.63. The number of carbonyl (C=O) groups excluding carboxylic acids is 1. The van der Waals surface area contributed by atoms with Gasteiger partial charge in [-0.2, -0.15) is 0 Å². The van der Waals surface area contributed by atoms with Gasteiger partial charge in [0.15, 0.2) is 6.54 Å². The third-order valence-corrected chi connectivity index (χ3v) is 4.51. The average molecular weight is 367 g/mol. The second-order valence-corrected chi connectivity index (χ2v) is 6.90. The third-order valence-electron chi connectivity index (χ3n) is 4.51. The van der Waals surface area contributed by atoms with Crippen molar-refractivity contribution >= 4 is 22.6 Å². The first-order valence-corrected chi connectivity index (χ1v) is 8.76. The minimum Gasteiger partial charge on any atom is -0.508 e. The number of quaternary nitrogens is 1. The van der Waals surface area contributed by atoms with E-state index in [1.807, 2.05) is 39.1 Å². The van der Waals surface area contributed by atoms with Gasteiger partial charge in [0, 0.05) is 28.8 Å². The van der Waals surface area contributed by atoms with Crippen LogP contribution in [0.15, 0.2) is 51.7 Å². The van der Waals surface area contributed by atoms with Crippen molar-refractivity contribution in [1.82, 2.24) is 0 Å². The standard InChI is InChI=1S/C21H22N2O4/c1-13-5-4-6-14(2)21(13)22-19(25)12-23(3)11-15-9-20(26)27-18-10-16(24)7-8-17(15)18/h4-10,24H,11-12H2,1-3H3,(H,22,25)/p+1. The number of para-hydroxylation sites is 1. The monoisotopic (exact) mass is 367 g/mol. The topological polar surface area (TPSA) is 84.0 Å². The van der Waals surface area contributed by atoms with Crippen molar-refractivity contribution in [3.8, 4) is 5.75 Å².